The molecule has 4 heteroatoms. The van der Waals surface area contributed by atoms with Crippen LogP contribution in [0.15, 0.2) is 0 Å². The average Bonchev–Trinajstić information content (AvgIpc) is 2.37. The van der Waals surface area contributed by atoms with E-state index in [4.69, 9.17) is 4.74 Å². The molecule has 0 aromatic rings. The topological polar surface area (TPSA) is 46.6 Å². The van der Waals surface area contributed by atoms with Gasteiger partial charge in [-0.05, 0) is 26.7 Å². The van der Waals surface area contributed by atoms with Gasteiger partial charge in [0.05, 0.1) is 12.5 Å². The molecule has 1 unspecified atom stereocenters. The van der Waals surface area contributed by atoms with Gasteiger partial charge in [-0.2, -0.15) is 0 Å². The van der Waals surface area contributed by atoms with Crippen molar-refractivity contribution in [3.63, 3.8) is 0 Å². The molecule has 1 atom stereocenters. The first-order valence-electron chi connectivity index (χ1n) is 7.04. The van der Waals surface area contributed by atoms with E-state index in [0.29, 0.717) is 26.1 Å². The van der Waals surface area contributed by atoms with Crippen LogP contribution in [0.3, 0.4) is 0 Å². The van der Waals surface area contributed by atoms with E-state index in [2.05, 4.69) is 6.92 Å². The summed E-state index contributed by atoms with van der Waals surface area (Å²) in [5.41, 5.74) is 0. The van der Waals surface area contributed by atoms with Crippen LogP contribution in [0.25, 0.3) is 0 Å². The third-order valence-corrected chi connectivity index (χ3v) is 3.11. The van der Waals surface area contributed by atoms with Gasteiger partial charge in [-0.1, -0.05) is 20.3 Å². The van der Waals surface area contributed by atoms with Crippen molar-refractivity contribution in [2.45, 2.75) is 53.4 Å². The summed E-state index contributed by atoms with van der Waals surface area (Å²) in [5.74, 6) is -0.485. The Morgan fingerprint density at radius 1 is 1.11 bits per heavy atom. The predicted octanol–water partition coefficient (Wildman–Crippen LogP) is 2.61. The minimum absolute atomic E-state index is 0.0410. The maximum atomic E-state index is 11.9. The summed E-state index contributed by atoms with van der Waals surface area (Å²) >= 11 is 0. The fourth-order valence-electron chi connectivity index (χ4n) is 1.75. The Morgan fingerprint density at radius 3 is 2.17 bits per heavy atom. The Labute approximate surface area is 111 Å². The quantitative estimate of drug-likeness (QED) is 0.471. The Bertz CT molecular complexity index is 249. The van der Waals surface area contributed by atoms with Crippen LogP contribution >= 0.6 is 0 Å². The van der Waals surface area contributed by atoms with E-state index in [-0.39, 0.29) is 24.2 Å². The first kappa shape index (κ1) is 16.9. The second-order valence-electron chi connectivity index (χ2n) is 4.40. The lowest BCUT2D eigenvalue weighted by molar-refractivity contribution is -0.151. The van der Waals surface area contributed by atoms with Gasteiger partial charge >= 0.3 is 5.97 Å². The number of carbonyl (C=O) groups excluding carboxylic acids is 2. The number of carbonyl (C=O) groups is 2. The van der Waals surface area contributed by atoms with Gasteiger partial charge < -0.3 is 9.64 Å². The molecule has 0 N–H and O–H groups in total. The third kappa shape index (κ3) is 6.03. The molecule has 0 aromatic heterocycles. The van der Waals surface area contributed by atoms with Crippen LogP contribution in [-0.4, -0.2) is 36.5 Å². The number of hydrogen-bond acceptors (Lipinski definition) is 3. The van der Waals surface area contributed by atoms with Crippen molar-refractivity contribution in [2.75, 3.05) is 19.7 Å². The zero-order valence-corrected chi connectivity index (χ0v) is 12.2. The predicted molar refractivity (Wildman–Crippen MR) is 72.2 cm³/mol. The second-order valence-corrected chi connectivity index (χ2v) is 4.40. The minimum Gasteiger partial charge on any atom is -0.465 e. The molecule has 0 saturated heterocycles. The zero-order valence-electron chi connectivity index (χ0n) is 12.2. The highest BCUT2D eigenvalue weighted by molar-refractivity contribution is 5.83. The molecular weight excluding hydrogens is 230 g/mol. The molecule has 0 radical (unpaired) electrons. The number of hydrogen-bond donors (Lipinski definition) is 0. The number of unbranched alkanes of at least 4 members (excludes halogenated alkanes) is 1. The summed E-state index contributed by atoms with van der Waals surface area (Å²) < 4.78 is 5.17. The maximum absolute atomic E-state index is 11.9. The third-order valence-electron chi connectivity index (χ3n) is 3.11. The Balaban J connectivity index is 4.24. The molecule has 0 bridgehead atoms. The van der Waals surface area contributed by atoms with Gasteiger partial charge in [0, 0.05) is 19.5 Å². The number of nitrogens with zero attached hydrogens (tertiary/aromatic N) is 1. The molecule has 18 heavy (non-hydrogen) atoms. The van der Waals surface area contributed by atoms with Gasteiger partial charge in [0.2, 0.25) is 5.91 Å². The largest absolute Gasteiger partial charge is 0.465 e. The average molecular weight is 257 g/mol. The van der Waals surface area contributed by atoms with Crippen LogP contribution in [0, 0.1) is 5.92 Å². The van der Waals surface area contributed by atoms with Crippen molar-refractivity contribution in [3.05, 3.63) is 0 Å². The van der Waals surface area contributed by atoms with Crippen molar-refractivity contribution in [1.82, 2.24) is 4.90 Å². The molecule has 0 fully saturated rings. The van der Waals surface area contributed by atoms with Crippen molar-refractivity contribution in [3.8, 4) is 0 Å². The summed E-state index contributed by atoms with van der Waals surface area (Å²) in [5, 5.41) is 0. The van der Waals surface area contributed by atoms with Gasteiger partial charge in [-0.3, -0.25) is 9.59 Å². The van der Waals surface area contributed by atoms with Crippen LogP contribution in [-0.2, 0) is 14.3 Å². The van der Waals surface area contributed by atoms with E-state index in [1.165, 1.54) is 0 Å². The van der Waals surface area contributed by atoms with E-state index >= 15 is 0 Å². The molecule has 0 heterocycles. The molecule has 0 spiro atoms. The van der Waals surface area contributed by atoms with Gasteiger partial charge in [-0.15, -0.1) is 0 Å². The second kappa shape index (κ2) is 9.92. The fraction of sp³-hybridized carbons (Fsp3) is 0.857. The van der Waals surface area contributed by atoms with Crippen LogP contribution in [0.4, 0.5) is 0 Å². The van der Waals surface area contributed by atoms with Gasteiger partial charge in [0.1, 0.15) is 0 Å². The molecule has 0 aliphatic carbocycles. The van der Waals surface area contributed by atoms with Crippen LogP contribution in [0.1, 0.15) is 53.4 Å². The number of amides is 1. The lowest BCUT2D eigenvalue weighted by Crippen LogP contribution is -2.33. The van der Waals surface area contributed by atoms with E-state index in [1.54, 1.807) is 4.90 Å². The lowest BCUT2D eigenvalue weighted by Gasteiger charge is -2.21. The van der Waals surface area contributed by atoms with Crippen LogP contribution in [0.5, 0.6) is 0 Å². The lowest BCUT2D eigenvalue weighted by atomic mass is 10.0. The Morgan fingerprint density at radius 2 is 1.72 bits per heavy atom. The van der Waals surface area contributed by atoms with E-state index in [9.17, 15) is 9.59 Å². The summed E-state index contributed by atoms with van der Waals surface area (Å²) in [6, 6.07) is 0. The molecule has 4 nitrogen and oxygen atoms in total. The van der Waals surface area contributed by atoms with E-state index in [0.717, 1.165) is 12.8 Å². The number of esters is 1. The molecule has 0 aliphatic rings. The van der Waals surface area contributed by atoms with Gasteiger partial charge in [0.15, 0.2) is 0 Å². The van der Waals surface area contributed by atoms with E-state index < -0.39 is 0 Å². The van der Waals surface area contributed by atoms with E-state index in [1.807, 2.05) is 20.8 Å². The normalized spacial score (nSPS) is 12.0. The minimum atomic E-state index is -0.296. The highest BCUT2D eigenvalue weighted by Gasteiger charge is 2.23. The number of rotatable bonds is 9. The first-order valence-corrected chi connectivity index (χ1v) is 7.04. The standard InChI is InChI=1S/C14H27NO3/c1-5-9-10-18-14(17)12(6-2)11-13(16)15(7-3)8-4/h12H,5-11H2,1-4H3. The van der Waals surface area contributed by atoms with Crippen LogP contribution < -0.4 is 0 Å². The Hall–Kier alpha value is -1.06. The molecule has 0 rings (SSSR count). The highest BCUT2D eigenvalue weighted by Crippen LogP contribution is 2.13. The fourth-order valence-corrected chi connectivity index (χ4v) is 1.75. The summed E-state index contributed by atoms with van der Waals surface area (Å²) in [7, 11) is 0. The monoisotopic (exact) mass is 257 g/mol. The molecular formula is C14H27NO3. The summed E-state index contributed by atoms with van der Waals surface area (Å²) in [6.45, 7) is 9.71. The van der Waals surface area contributed by atoms with Gasteiger partial charge in [-0.25, -0.2) is 0 Å². The number of ether oxygens (including phenoxy) is 1. The summed E-state index contributed by atoms with van der Waals surface area (Å²) in [4.78, 5) is 25.5. The smallest absolute Gasteiger partial charge is 0.309 e. The molecule has 106 valence electrons. The zero-order chi connectivity index (χ0) is 14.0. The Kier molecular flexibility index (Phi) is 9.33. The first-order chi connectivity index (χ1) is 8.60. The van der Waals surface area contributed by atoms with Crippen molar-refractivity contribution in [1.29, 1.82) is 0 Å². The molecule has 0 saturated carbocycles. The molecule has 0 aliphatic heterocycles. The highest BCUT2D eigenvalue weighted by atomic mass is 16.5. The van der Waals surface area contributed by atoms with Crippen molar-refractivity contribution < 1.29 is 14.3 Å². The van der Waals surface area contributed by atoms with Gasteiger partial charge in [0.25, 0.3) is 0 Å². The molecule has 0 aromatic carbocycles. The van der Waals surface area contributed by atoms with Crippen molar-refractivity contribution in [2.24, 2.45) is 5.92 Å². The van der Waals surface area contributed by atoms with Crippen LogP contribution in [0.2, 0.25) is 0 Å². The van der Waals surface area contributed by atoms with Crippen molar-refractivity contribution >= 4 is 11.9 Å². The summed E-state index contributed by atoms with van der Waals surface area (Å²) in [6.07, 6.45) is 2.80. The molecule has 1 amide bonds. The maximum Gasteiger partial charge on any atom is 0.309 e. The SMILES string of the molecule is CCCCOC(=O)C(CC)CC(=O)N(CC)CC.